The van der Waals surface area contributed by atoms with Gasteiger partial charge in [0.15, 0.2) is 0 Å². The molecule has 2 unspecified atom stereocenters. The van der Waals surface area contributed by atoms with E-state index < -0.39 is 0 Å². The minimum atomic E-state index is 0.488. The normalized spacial score (nSPS) is 31.3. The maximum atomic E-state index is 2.68. The number of hydrogen-bond acceptors (Lipinski definition) is 2. The molecule has 114 valence electrons. The minimum Gasteiger partial charge on any atom is -0.302 e. The third kappa shape index (κ3) is 2.16. The number of hydrogen-bond donors (Lipinski definition) is 0. The Morgan fingerprint density at radius 1 is 1.23 bits per heavy atom. The van der Waals surface area contributed by atoms with E-state index >= 15 is 0 Å². The number of likely N-dealkylation sites (tertiary alicyclic amines) is 1. The van der Waals surface area contributed by atoms with Crippen molar-refractivity contribution in [3.05, 3.63) is 41.3 Å². The van der Waals surface area contributed by atoms with Crippen molar-refractivity contribution in [1.82, 2.24) is 4.90 Å². The van der Waals surface area contributed by atoms with Crippen LogP contribution in [-0.4, -0.2) is 24.5 Å². The van der Waals surface area contributed by atoms with Crippen LogP contribution in [0.25, 0.3) is 15.7 Å². The molecule has 2 aromatic rings. The number of rotatable bonds is 3. The van der Waals surface area contributed by atoms with Crippen molar-refractivity contribution in [2.24, 2.45) is 11.3 Å². The number of benzene rings is 1. The molecule has 2 fully saturated rings. The quantitative estimate of drug-likeness (QED) is 0.755. The molecule has 22 heavy (non-hydrogen) atoms. The molecule has 0 N–H and O–H groups in total. The largest absolute Gasteiger partial charge is 0.302 e. The van der Waals surface area contributed by atoms with E-state index in [4.69, 9.17) is 0 Å². The van der Waals surface area contributed by atoms with Crippen LogP contribution in [-0.2, 0) is 0 Å². The summed E-state index contributed by atoms with van der Waals surface area (Å²) in [5.41, 5.74) is 3.59. The Morgan fingerprint density at radius 3 is 3.05 bits per heavy atom. The van der Waals surface area contributed by atoms with Gasteiger partial charge in [0.25, 0.3) is 0 Å². The molecule has 1 aromatic carbocycles. The topological polar surface area (TPSA) is 3.24 Å². The molecule has 1 aliphatic heterocycles. The highest BCUT2D eigenvalue weighted by Gasteiger charge is 2.43. The number of nitrogens with zero attached hydrogens (tertiary/aromatic N) is 1. The molecule has 1 saturated carbocycles. The fraction of sp³-hybridized carbons (Fsp3) is 0.500. The summed E-state index contributed by atoms with van der Waals surface area (Å²) < 4.78 is 1.42. The number of fused-ring (bicyclic) bond motifs is 3. The first-order chi connectivity index (χ1) is 10.8. The Kier molecular flexibility index (Phi) is 2.99. The van der Waals surface area contributed by atoms with Gasteiger partial charge >= 0.3 is 0 Å². The van der Waals surface area contributed by atoms with E-state index in [0.29, 0.717) is 5.41 Å². The van der Waals surface area contributed by atoms with Gasteiger partial charge in [-0.25, -0.2) is 0 Å². The molecule has 0 amide bonds. The van der Waals surface area contributed by atoms with Crippen molar-refractivity contribution < 1.29 is 0 Å². The second kappa shape index (κ2) is 4.94. The van der Waals surface area contributed by atoms with Crippen molar-refractivity contribution in [3.63, 3.8) is 0 Å². The van der Waals surface area contributed by atoms with Crippen LogP contribution in [0.1, 0.15) is 37.7 Å². The number of allylic oxidation sites excluding steroid dienone is 1. The predicted molar refractivity (Wildman–Crippen MR) is 95.3 cm³/mol. The van der Waals surface area contributed by atoms with E-state index in [2.05, 4.69) is 40.6 Å². The second-order valence-corrected chi connectivity index (χ2v) is 8.60. The highest BCUT2D eigenvalue weighted by molar-refractivity contribution is 7.17. The van der Waals surface area contributed by atoms with Crippen molar-refractivity contribution in [1.29, 1.82) is 0 Å². The molecule has 3 aliphatic rings. The first kappa shape index (κ1) is 13.3. The van der Waals surface area contributed by atoms with E-state index in [9.17, 15) is 0 Å². The summed E-state index contributed by atoms with van der Waals surface area (Å²) in [5.74, 6) is 0.930. The fourth-order valence-electron chi connectivity index (χ4n) is 4.86. The zero-order valence-corrected chi connectivity index (χ0v) is 13.9. The summed E-state index contributed by atoms with van der Waals surface area (Å²) in [4.78, 5) is 2.67. The van der Waals surface area contributed by atoms with Gasteiger partial charge in [0, 0.05) is 16.7 Å². The summed E-state index contributed by atoms with van der Waals surface area (Å²) in [6.45, 7) is 3.97. The second-order valence-electron chi connectivity index (χ2n) is 7.65. The van der Waals surface area contributed by atoms with E-state index in [-0.39, 0.29) is 0 Å². The first-order valence-electron chi connectivity index (χ1n) is 8.71. The predicted octanol–water partition coefficient (Wildman–Crippen LogP) is 5.18. The van der Waals surface area contributed by atoms with Crippen LogP contribution in [0.4, 0.5) is 0 Å². The Hall–Kier alpha value is -1.12. The van der Waals surface area contributed by atoms with Crippen LogP contribution in [0, 0.1) is 11.3 Å². The van der Waals surface area contributed by atoms with Crippen molar-refractivity contribution in [3.8, 4) is 0 Å². The highest BCUT2D eigenvalue weighted by atomic mass is 32.1. The van der Waals surface area contributed by atoms with Gasteiger partial charge in [0.05, 0.1) is 0 Å². The lowest BCUT2D eigenvalue weighted by Crippen LogP contribution is -2.44. The van der Waals surface area contributed by atoms with E-state index in [1.165, 1.54) is 67.4 Å². The molecule has 2 atom stereocenters. The lowest BCUT2D eigenvalue weighted by Gasteiger charge is -2.40. The van der Waals surface area contributed by atoms with Crippen molar-refractivity contribution >= 4 is 27.0 Å². The highest BCUT2D eigenvalue weighted by Crippen LogP contribution is 2.52. The van der Waals surface area contributed by atoms with Crippen LogP contribution in [0.15, 0.2) is 35.7 Å². The first-order valence-corrected chi connectivity index (χ1v) is 9.59. The van der Waals surface area contributed by atoms with Gasteiger partial charge in [-0.1, -0.05) is 12.1 Å². The molecule has 2 heteroatoms. The summed E-state index contributed by atoms with van der Waals surface area (Å²) in [5, 5.41) is 3.62. The van der Waals surface area contributed by atoms with Gasteiger partial charge in [-0.2, -0.15) is 0 Å². The monoisotopic (exact) mass is 309 g/mol. The van der Waals surface area contributed by atoms with Gasteiger partial charge in [-0.15, -0.1) is 11.3 Å². The average molecular weight is 309 g/mol. The van der Waals surface area contributed by atoms with Gasteiger partial charge in [0.2, 0.25) is 0 Å². The van der Waals surface area contributed by atoms with Gasteiger partial charge in [-0.05, 0) is 91.2 Å². The van der Waals surface area contributed by atoms with Gasteiger partial charge in [-0.3, -0.25) is 0 Å². The minimum absolute atomic E-state index is 0.488. The maximum absolute atomic E-state index is 2.68. The summed E-state index contributed by atoms with van der Waals surface area (Å²) >= 11 is 1.85. The Bertz CT molecular complexity index is 739. The Morgan fingerprint density at radius 2 is 2.18 bits per heavy atom. The smallest absolute Gasteiger partial charge is 0.0343 e. The zero-order chi connectivity index (χ0) is 14.6. The molecule has 5 rings (SSSR count). The van der Waals surface area contributed by atoms with Gasteiger partial charge < -0.3 is 4.90 Å². The zero-order valence-electron chi connectivity index (χ0n) is 13.1. The molecule has 1 saturated heterocycles. The average Bonchev–Trinajstić information content (AvgIpc) is 3.07. The molecule has 2 bridgehead atoms. The molecular formula is C20H23NS. The molecule has 1 nitrogen and oxygen atoms in total. The standard InChI is InChI=1S/C20H23NS/c1-7-21(8-1)14-20-6-4-15(12-20)10-18(13-20)16-2-3-19-17(11-16)5-9-22-19/h2-3,5,9,11,13,15H,1,4,6-8,10,12,14H2. The van der Waals surface area contributed by atoms with Crippen LogP contribution >= 0.6 is 11.3 Å². The SMILES string of the molecule is C1=C(c2ccc3sccc3c2)CC2CCC1(CN1CCC1)C2. The Balaban J connectivity index is 1.51. The third-order valence-corrected chi connectivity index (χ3v) is 6.94. The molecule has 1 aromatic heterocycles. The van der Waals surface area contributed by atoms with E-state index in [0.717, 1.165) is 5.92 Å². The van der Waals surface area contributed by atoms with E-state index in [1.54, 1.807) is 5.57 Å². The van der Waals surface area contributed by atoms with Crippen LogP contribution in [0.2, 0.25) is 0 Å². The van der Waals surface area contributed by atoms with Crippen LogP contribution < -0.4 is 0 Å². The number of thiophene rings is 1. The van der Waals surface area contributed by atoms with Crippen molar-refractivity contribution in [2.75, 3.05) is 19.6 Å². The lowest BCUT2D eigenvalue weighted by atomic mass is 9.75. The summed E-state index contributed by atoms with van der Waals surface area (Å²) in [7, 11) is 0. The summed E-state index contributed by atoms with van der Waals surface area (Å²) in [6, 6.07) is 9.35. The van der Waals surface area contributed by atoms with Crippen molar-refractivity contribution in [2.45, 2.75) is 32.1 Å². The molecular weight excluding hydrogens is 286 g/mol. The molecule has 0 spiro atoms. The Labute approximate surface area is 136 Å². The van der Waals surface area contributed by atoms with Gasteiger partial charge in [0.1, 0.15) is 0 Å². The lowest BCUT2D eigenvalue weighted by molar-refractivity contribution is 0.120. The van der Waals surface area contributed by atoms with Crippen LogP contribution in [0.5, 0.6) is 0 Å². The summed E-state index contributed by atoms with van der Waals surface area (Å²) in [6.07, 6.45) is 9.69. The molecule has 0 radical (unpaired) electrons. The molecule has 2 heterocycles. The molecule has 2 aliphatic carbocycles. The van der Waals surface area contributed by atoms with Crippen LogP contribution in [0.3, 0.4) is 0 Å². The van der Waals surface area contributed by atoms with E-state index in [1.807, 2.05) is 11.3 Å². The third-order valence-electron chi connectivity index (χ3n) is 6.05. The fourth-order valence-corrected chi connectivity index (χ4v) is 5.63. The maximum Gasteiger partial charge on any atom is 0.0343 e.